The molecule has 0 aliphatic carbocycles. The first-order chi connectivity index (χ1) is 8.47. The van der Waals surface area contributed by atoms with E-state index in [0.717, 1.165) is 22.0 Å². The predicted molar refractivity (Wildman–Crippen MR) is 74.5 cm³/mol. The Labute approximate surface area is 114 Å². The molecule has 0 unspecified atom stereocenters. The van der Waals surface area contributed by atoms with Crippen LogP contribution in [0.4, 0.5) is 5.69 Å². The Morgan fingerprint density at radius 1 is 1.39 bits per heavy atom. The summed E-state index contributed by atoms with van der Waals surface area (Å²) in [5.74, 6) is 0. The molecule has 2 heterocycles. The summed E-state index contributed by atoms with van der Waals surface area (Å²) in [6.07, 6.45) is 0.588. The number of nitrogens with zero attached hydrogens (tertiary/aromatic N) is 1. The van der Waals surface area contributed by atoms with Crippen LogP contribution in [0, 0.1) is 6.92 Å². The number of nitrogens with two attached hydrogens (primary N) is 1. The standard InChI is InChI=1S/C10H13N3O2S3/c1-7-13-9(6-16-7)2-3-12-18(14,15)10-4-8(11)5-17-10/h4-6,12H,2-3,11H2,1H3. The van der Waals surface area contributed by atoms with Crippen LogP contribution in [0.2, 0.25) is 0 Å². The summed E-state index contributed by atoms with van der Waals surface area (Å²) in [5, 5.41) is 4.53. The van der Waals surface area contributed by atoms with Crippen molar-refractivity contribution in [3.05, 3.63) is 27.5 Å². The number of sulfonamides is 1. The molecule has 0 spiro atoms. The van der Waals surface area contributed by atoms with E-state index in [1.54, 1.807) is 16.7 Å². The summed E-state index contributed by atoms with van der Waals surface area (Å²) in [4.78, 5) is 4.27. The van der Waals surface area contributed by atoms with Crippen LogP contribution in [-0.4, -0.2) is 19.9 Å². The van der Waals surface area contributed by atoms with Gasteiger partial charge in [0.1, 0.15) is 4.21 Å². The molecule has 0 bridgehead atoms. The highest BCUT2D eigenvalue weighted by Crippen LogP contribution is 2.21. The molecule has 2 rings (SSSR count). The van der Waals surface area contributed by atoms with E-state index in [2.05, 4.69) is 9.71 Å². The van der Waals surface area contributed by atoms with Gasteiger partial charge in [-0.3, -0.25) is 0 Å². The second-order valence-electron chi connectivity index (χ2n) is 3.70. The maximum Gasteiger partial charge on any atom is 0.250 e. The van der Waals surface area contributed by atoms with Crippen molar-refractivity contribution in [1.29, 1.82) is 0 Å². The summed E-state index contributed by atoms with van der Waals surface area (Å²) in [6, 6.07) is 1.46. The number of nitrogens with one attached hydrogen (secondary N) is 1. The minimum absolute atomic E-state index is 0.245. The van der Waals surface area contributed by atoms with Crippen molar-refractivity contribution >= 4 is 38.4 Å². The maximum atomic E-state index is 11.9. The zero-order chi connectivity index (χ0) is 13.2. The lowest BCUT2D eigenvalue weighted by Gasteiger charge is -2.02. The summed E-state index contributed by atoms with van der Waals surface area (Å²) in [7, 11) is -3.44. The number of rotatable bonds is 5. The van der Waals surface area contributed by atoms with E-state index < -0.39 is 10.0 Å². The van der Waals surface area contributed by atoms with Crippen LogP contribution in [-0.2, 0) is 16.4 Å². The quantitative estimate of drug-likeness (QED) is 0.879. The molecule has 2 aromatic heterocycles. The molecule has 0 aromatic carbocycles. The molecule has 3 N–H and O–H groups in total. The SMILES string of the molecule is Cc1nc(CCNS(=O)(=O)c2cc(N)cs2)cs1. The highest BCUT2D eigenvalue weighted by molar-refractivity contribution is 7.91. The number of thiophene rings is 1. The normalized spacial score (nSPS) is 11.8. The molecule has 0 aliphatic rings. The molecule has 98 valence electrons. The number of thiazole rings is 1. The third-order valence-electron chi connectivity index (χ3n) is 2.20. The van der Waals surface area contributed by atoms with Crippen molar-refractivity contribution in [3.8, 4) is 0 Å². The van der Waals surface area contributed by atoms with Gasteiger partial charge >= 0.3 is 0 Å². The van der Waals surface area contributed by atoms with Crippen LogP contribution in [0.5, 0.6) is 0 Å². The van der Waals surface area contributed by atoms with Gasteiger partial charge < -0.3 is 5.73 Å². The van der Waals surface area contributed by atoms with Crippen LogP contribution >= 0.6 is 22.7 Å². The molecular formula is C10H13N3O2S3. The van der Waals surface area contributed by atoms with Crippen molar-refractivity contribution in [2.24, 2.45) is 0 Å². The number of nitrogen functional groups attached to an aromatic ring is 1. The summed E-state index contributed by atoms with van der Waals surface area (Å²) in [6.45, 7) is 2.26. The van der Waals surface area contributed by atoms with Crippen molar-refractivity contribution in [3.63, 3.8) is 0 Å². The Balaban J connectivity index is 1.93. The molecule has 5 nitrogen and oxygen atoms in total. The summed E-state index contributed by atoms with van der Waals surface area (Å²) in [5.41, 5.74) is 6.88. The van der Waals surface area contributed by atoms with Gasteiger partial charge in [-0.2, -0.15) is 0 Å². The molecule has 0 radical (unpaired) electrons. The molecule has 18 heavy (non-hydrogen) atoms. The second kappa shape index (κ2) is 5.35. The Bertz CT molecular complexity index is 630. The van der Waals surface area contributed by atoms with Gasteiger partial charge in [-0.05, 0) is 13.0 Å². The maximum absolute atomic E-state index is 11.9. The number of anilines is 1. The molecule has 0 saturated heterocycles. The Kier molecular flexibility index (Phi) is 4.00. The smallest absolute Gasteiger partial charge is 0.250 e. The topological polar surface area (TPSA) is 85.1 Å². The van der Waals surface area contributed by atoms with Crippen LogP contribution in [0.3, 0.4) is 0 Å². The first-order valence-electron chi connectivity index (χ1n) is 5.22. The Morgan fingerprint density at radius 3 is 2.72 bits per heavy atom. The fourth-order valence-corrected chi connectivity index (χ4v) is 4.18. The van der Waals surface area contributed by atoms with E-state index >= 15 is 0 Å². The van der Waals surface area contributed by atoms with Gasteiger partial charge in [-0.1, -0.05) is 0 Å². The lowest BCUT2D eigenvalue weighted by Crippen LogP contribution is -2.25. The van der Waals surface area contributed by atoms with Crippen molar-refractivity contribution < 1.29 is 8.42 Å². The highest BCUT2D eigenvalue weighted by atomic mass is 32.2. The average Bonchev–Trinajstić information content (AvgIpc) is 2.88. The molecule has 8 heteroatoms. The fourth-order valence-electron chi connectivity index (χ4n) is 1.38. The lowest BCUT2D eigenvalue weighted by atomic mass is 10.3. The molecule has 2 aromatic rings. The van der Waals surface area contributed by atoms with Gasteiger partial charge in [0, 0.05) is 29.4 Å². The van der Waals surface area contributed by atoms with E-state index in [0.29, 0.717) is 18.7 Å². The largest absolute Gasteiger partial charge is 0.398 e. The van der Waals surface area contributed by atoms with Crippen molar-refractivity contribution in [2.75, 3.05) is 12.3 Å². The van der Waals surface area contributed by atoms with E-state index in [9.17, 15) is 8.42 Å². The van der Waals surface area contributed by atoms with Gasteiger partial charge in [-0.15, -0.1) is 22.7 Å². The van der Waals surface area contributed by atoms with Gasteiger partial charge in [0.2, 0.25) is 10.0 Å². The van der Waals surface area contributed by atoms with Gasteiger partial charge in [0.25, 0.3) is 0 Å². The predicted octanol–water partition coefficient (Wildman–Crippen LogP) is 1.62. The van der Waals surface area contributed by atoms with E-state index in [1.165, 1.54) is 6.07 Å². The fraction of sp³-hybridized carbons (Fsp3) is 0.300. The molecule has 0 fully saturated rings. The average molecular weight is 303 g/mol. The number of aryl methyl sites for hydroxylation is 1. The molecular weight excluding hydrogens is 290 g/mol. The molecule has 0 amide bonds. The molecule has 0 saturated carbocycles. The number of hydrogen-bond acceptors (Lipinski definition) is 6. The third kappa shape index (κ3) is 3.29. The van der Waals surface area contributed by atoms with Gasteiger partial charge in [-0.25, -0.2) is 18.1 Å². The van der Waals surface area contributed by atoms with Crippen LogP contribution in [0.1, 0.15) is 10.7 Å². The first-order valence-corrected chi connectivity index (χ1v) is 8.46. The summed E-state index contributed by atoms with van der Waals surface area (Å²) < 4.78 is 26.5. The molecule has 0 atom stereocenters. The van der Waals surface area contributed by atoms with Crippen molar-refractivity contribution in [1.82, 2.24) is 9.71 Å². The highest BCUT2D eigenvalue weighted by Gasteiger charge is 2.15. The molecule has 0 aliphatic heterocycles. The monoisotopic (exact) mass is 303 g/mol. The van der Waals surface area contributed by atoms with E-state index in [4.69, 9.17) is 5.73 Å². The second-order valence-corrected chi connectivity index (χ2v) is 7.67. The lowest BCUT2D eigenvalue weighted by molar-refractivity contribution is 0.583. The zero-order valence-electron chi connectivity index (χ0n) is 9.71. The number of hydrogen-bond donors (Lipinski definition) is 2. The van der Waals surface area contributed by atoms with E-state index in [-0.39, 0.29) is 4.21 Å². The Hall–Kier alpha value is -0.960. The minimum atomic E-state index is -3.44. The van der Waals surface area contributed by atoms with E-state index in [1.807, 2.05) is 12.3 Å². The first kappa shape index (κ1) is 13.5. The van der Waals surface area contributed by atoms with Crippen LogP contribution < -0.4 is 10.5 Å². The Morgan fingerprint density at radius 2 is 2.17 bits per heavy atom. The van der Waals surface area contributed by atoms with Crippen LogP contribution in [0.25, 0.3) is 0 Å². The minimum Gasteiger partial charge on any atom is -0.398 e. The zero-order valence-corrected chi connectivity index (χ0v) is 12.2. The van der Waals surface area contributed by atoms with Gasteiger partial charge in [0.05, 0.1) is 10.7 Å². The third-order valence-corrected chi connectivity index (χ3v) is 5.94. The van der Waals surface area contributed by atoms with Crippen LogP contribution in [0.15, 0.2) is 21.0 Å². The number of aromatic nitrogens is 1. The summed E-state index contributed by atoms with van der Waals surface area (Å²) >= 11 is 2.68. The van der Waals surface area contributed by atoms with Gasteiger partial charge in [0.15, 0.2) is 0 Å². The van der Waals surface area contributed by atoms with Crippen molar-refractivity contribution in [2.45, 2.75) is 17.6 Å².